The number of aromatic nitrogens is 1. The Kier molecular flexibility index (Phi) is 3.65. The average Bonchev–Trinajstić information content (AvgIpc) is 2.55. The normalized spacial score (nSPS) is 10.5. The minimum Gasteiger partial charge on any atom is -0.322 e. The number of fused-ring (bicyclic) bond motifs is 1. The van der Waals surface area contributed by atoms with E-state index in [1.165, 1.54) is 5.56 Å². The number of nitrogens with zero attached hydrogens (tertiary/aromatic N) is 1. The highest BCUT2D eigenvalue weighted by atomic mass is 16.1. The fraction of sp³-hybridized carbons (Fsp3) is 0.111. The lowest BCUT2D eigenvalue weighted by atomic mass is 10.1. The number of nitrogens with one attached hydrogen (secondary N) is 1. The van der Waals surface area contributed by atoms with Crippen molar-refractivity contribution in [3.63, 3.8) is 0 Å². The molecule has 1 N–H and O–H groups in total. The average molecular weight is 276 g/mol. The van der Waals surface area contributed by atoms with Crippen LogP contribution in [0, 0.1) is 0 Å². The highest BCUT2D eigenvalue weighted by Gasteiger charge is 2.10. The third kappa shape index (κ3) is 2.77. The fourth-order valence-corrected chi connectivity index (χ4v) is 2.32. The van der Waals surface area contributed by atoms with E-state index in [9.17, 15) is 4.79 Å². The molecule has 0 atom stereocenters. The molecular formula is C18H16N2O. The van der Waals surface area contributed by atoms with Gasteiger partial charge in [0.2, 0.25) is 0 Å². The van der Waals surface area contributed by atoms with Crippen LogP contribution < -0.4 is 5.32 Å². The van der Waals surface area contributed by atoms with E-state index in [0.717, 1.165) is 23.0 Å². The molecule has 0 unspecified atom stereocenters. The number of anilines is 1. The second kappa shape index (κ2) is 5.75. The fourth-order valence-electron chi connectivity index (χ4n) is 2.32. The van der Waals surface area contributed by atoms with E-state index in [1.807, 2.05) is 54.6 Å². The Labute approximate surface area is 123 Å². The summed E-state index contributed by atoms with van der Waals surface area (Å²) in [7, 11) is 0. The molecule has 21 heavy (non-hydrogen) atoms. The van der Waals surface area contributed by atoms with Crippen molar-refractivity contribution in [1.29, 1.82) is 0 Å². The lowest BCUT2D eigenvalue weighted by Gasteiger charge is -2.08. The zero-order valence-electron chi connectivity index (χ0n) is 11.8. The molecule has 1 heterocycles. The Balaban J connectivity index is 1.90. The van der Waals surface area contributed by atoms with E-state index in [1.54, 1.807) is 6.20 Å². The standard InChI is InChI=1S/C18H16N2O/c1-2-13-8-10-14(11-9-13)20-18(21)16-5-3-7-17-15(16)6-4-12-19-17/h3-12H,2H2,1H3,(H,20,21). The van der Waals surface area contributed by atoms with Crippen molar-refractivity contribution in [2.24, 2.45) is 0 Å². The van der Waals surface area contributed by atoms with Gasteiger partial charge in [0, 0.05) is 22.8 Å². The van der Waals surface area contributed by atoms with Gasteiger partial charge in [0.25, 0.3) is 5.91 Å². The first-order chi connectivity index (χ1) is 10.3. The van der Waals surface area contributed by atoms with E-state index >= 15 is 0 Å². The van der Waals surface area contributed by atoms with Gasteiger partial charge in [0.1, 0.15) is 0 Å². The first-order valence-electron chi connectivity index (χ1n) is 7.02. The molecule has 0 fully saturated rings. The molecule has 3 nitrogen and oxygen atoms in total. The van der Waals surface area contributed by atoms with Gasteiger partial charge in [-0.25, -0.2) is 0 Å². The van der Waals surface area contributed by atoms with Crippen molar-refractivity contribution in [3.05, 3.63) is 71.9 Å². The van der Waals surface area contributed by atoms with E-state index in [4.69, 9.17) is 0 Å². The molecule has 0 saturated carbocycles. The molecule has 0 aliphatic carbocycles. The van der Waals surface area contributed by atoms with Gasteiger partial charge in [-0.05, 0) is 42.3 Å². The van der Waals surface area contributed by atoms with E-state index in [-0.39, 0.29) is 5.91 Å². The third-order valence-electron chi connectivity index (χ3n) is 3.51. The van der Waals surface area contributed by atoms with Crippen LogP contribution >= 0.6 is 0 Å². The summed E-state index contributed by atoms with van der Waals surface area (Å²) in [5, 5.41) is 3.80. The van der Waals surface area contributed by atoms with E-state index < -0.39 is 0 Å². The van der Waals surface area contributed by atoms with Crippen LogP contribution in [-0.4, -0.2) is 10.9 Å². The van der Waals surface area contributed by atoms with E-state index in [2.05, 4.69) is 17.2 Å². The smallest absolute Gasteiger partial charge is 0.256 e. The van der Waals surface area contributed by atoms with Gasteiger partial charge in [-0.3, -0.25) is 9.78 Å². The maximum atomic E-state index is 12.4. The van der Waals surface area contributed by atoms with Crippen molar-refractivity contribution >= 4 is 22.5 Å². The topological polar surface area (TPSA) is 42.0 Å². The molecule has 1 aromatic heterocycles. The second-order valence-corrected chi connectivity index (χ2v) is 4.88. The van der Waals surface area contributed by atoms with Crippen molar-refractivity contribution in [2.75, 3.05) is 5.32 Å². The number of amides is 1. The first-order valence-corrected chi connectivity index (χ1v) is 7.02. The summed E-state index contributed by atoms with van der Waals surface area (Å²) in [6, 6.07) is 17.2. The van der Waals surface area contributed by atoms with Crippen molar-refractivity contribution in [2.45, 2.75) is 13.3 Å². The lowest BCUT2D eigenvalue weighted by Crippen LogP contribution is -2.12. The third-order valence-corrected chi connectivity index (χ3v) is 3.51. The summed E-state index contributed by atoms with van der Waals surface area (Å²) in [5.41, 5.74) is 3.52. The summed E-state index contributed by atoms with van der Waals surface area (Å²) < 4.78 is 0. The quantitative estimate of drug-likeness (QED) is 0.784. The van der Waals surface area contributed by atoms with Crippen molar-refractivity contribution in [3.8, 4) is 0 Å². The van der Waals surface area contributed by atoms with Crippen LogP contribution in [0.25, 0.3) is 10.9 Å². The SMILES string of the molecule is CCc1ccc(NC(=O)c2cccc3ncccc23)cc1. The minimum absolute atomic E-state index is 0.113. The van der Waals surface area contributed by atoms with Gasteiger partial charge in [-0.2, -0.15) is 0 Å². The molecule has 0 aliphatic heterocycles. The number of carbonyl (C=O) groups is 1. The molecular weight excluding hydrogens is 260 g/mol. The van der Waals surface area contributed by atoms with Crippen LogP contribution in [0.4, 0.5) is 5.69 Å². The summed E-state index contributed by atoms with van der Waals surface area (Å²) >= 11 is 0. The highest BCUT2D eigenvalue weighted by Crippen LogP contribution is 2.18. The van der Waals surface area contributed by atoms with Crippen LogP contribution in [0.5, 0.6) is 0 Å². The Bertz CT molecular complexity index is 773. The molecule has 1 amide bonds. The van der Waals surface area contributed by atoms with Crippen LogP contribution in [0.15, 0.2) is 60.8 Å². The number of carbonyl (C=O) groups excluding carboxylic acids is 1. The molecule has 3 heteroatoms. The number of hydrogen-bond acceptors (Lipinski definition) is 2. The van der Waals surface area contributed by atoms with Gasteiger partial charge >= 0.3 is 0 Å². The van der Waals surface area contributed by atoms with Crippen molar-refractivity contribution < 1.29 is 4.79 Å². The van der Waals surface area contributed by atoms with Gasteiger partial charge in [0.15, 0.2) is 0 Å². The summed E-state index contributed by atoms with van der Waals surface area (Å²) in [6.07, 6.45) is 2.72. The maximum absolute atomic E-state index is 12.4. The molecule has 3 rings (SSSR count). The minimum atomic E-state index is -0.113. The largest absolute Gasteiger partial charge is 0.322 e. The number of rotatable bonds is 3. The maximum Gasteiger partial charge on any atom is 0.256 e. The van der Waals surface area contributed by atoms with Gasteiger partial charge in [-0.15, -0.1) is 0 Å². The number of pyridine rings is 1. The Morgan fingerprint density at radius 1 is 1.05 bits per heavy atom. The zero-order chi connectivity index (χ0) is 14.7. The predicted octanol–water partition coefficient (Wildman–Crippen LogP) is 4.05. The van der Waals surface area contributed by atoms with Crippen LogP contribution in [0.3, 0.4) is 0 Å². The summed E-state index contributed by atoms with van der Waals surface area (Å²) in [4.78, 5) is 16.7. The summed E-state index contributed by atoms with van der Waals surface area (Å²) in [6.45, 7) is 2.11. The Morgan fingerprint density at radius 2 is 1.86 bits per heavy atom. The Hall–Kier alpha value is -2.68. The molecule has 0 radical (unpaired) electrons. The molecule has 104 valence electrons. The molecule has 0 bridgehead atoms. The monoisotopic (exact) mass is 276 g/mol. The first kappa shape index (κ1) is 13.3. The molecule has 2 aromatic carbocycles. The van der Waals surface area contributed by atoms with Gasteiger partial charge in [0.05, 0.1) is 5.52 Å². The van der Waals surface area contributed by atoms with E-state index in [0.29, 0.717) is 5.56 Å². The molecule has 0 saturated heterocycles. The molecule has 0 aliphatic rings. The number of hydrogen-bond donors (Lipinski definition) is 1. The lowest BCUT2D eigenvalue weighted by molar-refractivity contribution is 0.102. The van der Waals surface area contributed by atoms with Gasteiger partial charge in [-0.1, -0.05) is 31.2 Å². The van der Waals surface area contributed by atoms with Crippen LogP contribution in [0.2, 0.25) is 0 Å². The van der Waals surface area contributed by atoms with Crippen LogP contribution in [0.1, 0.15) is 22.8 Å². The summed E-state index contributed by atoms with van der Waals surface area (Å²) in [5.74, 6) is -0.113. The molecule has 0 spiro atoms. The number of benzene rings is 2. The zero-order valence-corrected chi connectivity index (χ0v) is 11.8. The second-order valence-electron chi connectivity index (χ2n) is 4.88. The van der Waals surface area contributed by atoms with Crippen LogP contribution in [-0.2, 0) is 6.42 Å². The predicted molar refractivity (Wildman–Crippen MR) is 85.5 cm³/mol. The molecule has 3 aromatic rings. The number of aryl methyl sites for hydroxylation is 1. The van der Waals surface area contributed by atoms with Gasteiger partial charge < -0.3 is 5.32 Å². The van der Waals surface area contributed by atoms with Crippen molar-refractivity contribution in [1.82, 2.24) is 4.98 Å². The highest BCUT2D eigenvalue weighted by molar-refractivity contribution is 6.12. The Morgan fingerprint density at radius 3 is 2.62 bits per heavy atom.